The molecular weight excluding hydrogens is 278 g/mol. The van der Waals surface area contributed by atoms with Crippen molar-refractivity contribution in [3.8, 4) is 0 Å². The maximum absolute atomic E-state index is 5.93. The van der Waals surface area contributed by atoms with E-state index >= 15 is 0 Å². The van der Waals surface area contributed by atoms with E-state index in [-0.39, 0.29) is 0 Å². The van der Waals surface area contributed by atoms with Crippen LogP contribution < -0.4 is 5.32 Å². The minimum atomic E-state index is 0.843. The van der Waals surface area contributed by atoms with Crippen molar-refractivity contribution in [2.75, 3.05) is 14.1 Å². The molecule has 2 heterocycles. The van der Waals surface area contributed by atoms with E-state index in [4.69, 9.17) is 11.6 Å². The zero-order valence-corrected chi connectivity index (χ0v) is 12.8. The molecule has 0 aliphatic carbocycles. The van der Waals surface area contributed by atoms with E-state index in [1.54, 1.807) is 11.3 Å². The summed E-state index contributed by atoms with van der Waals surface area (Å²) in [5, 5.41) is 3.12. The van der Waals surface area contributed by atoms with Crippen molar-refractivity contribution in [3.05, 3.63) is 50.9 Å². The van der Waals surface area contributed by atoms with Gasteiger partial charge in [-0.2, -0.15) is 0 Å². The van der Waals surface area contributed by atoms with E-state index in [1.165, 1.54) is 10.4 Å². The highest BCUT2D eigenvalue weighted by molar-refractivity contribution is 7.16. The summed E-state index contributed by atoms with van der Waals surface area (Å²) < 4.78 is 0.845. The van der Waals surface area contributed by atoms with E-state index in [9.17, 15) is 0 Å². The Balaban J connectivity index is 1.89. The van der Waals surface area contributed by atoms with Crippen LogP contribution in [0.25, 0.3) is 0 Å². The van der Waals surface area contributed by atoms with Gasteiger partial charge in [0.05, 0.1) is 10.0 Å². The largest absolute Gasteiger partial charge is 0.316 e. The van der Waals surface area contributed by atoms with Crippen LogP contribution in [0.1, 0.15) is 16.1 Å². The lowest BCUT2D eigenvalue weighted by molar-refractivity contribution is 0.318. The molecule has 0 radical (unpaired) electrons. The number of hydrogen-bond acceptors (Lipinski definition) is 4. The van der Waals surface area contributed by atoms with Gasteiger partial charge in [-0.15, -0.1) is 11.3 Å². The van der Waals surface area contributed by atoms with Gasteiger partial charge in [0, 0.05) is 30.7 Å². The number of hydrogen-bond donors (Lipinski definition) is 1. The molecule has 102 valence electrons. The predicted molar refractivity (Wildman–Crippen MR) is 81.5 cm³/mol. The molecule has 2 aromatic rings. The lowest BCUT2D eigenvalue weighted by Gasteiger charge is -2.15. The third-order valence-electron chi connectivity index (χ3n) is 2.75. The first kappa shape index (κ1) is 14.5. The van der Waals surface area contributed by atoms with Gasteiger partial charge in [-0.3, -0.25) is 9.88 Å². The van der Waals surface area contributed by atoms with Gasteiger partial charge in [0.1, 0.15) is 0 Å². The molecule has 0 amide bonds. The standard InChI is InChI=1S/C14H18ClN3S/c1-16-7-11-3-4-12(17-8-11)9-18(2)10-13-5-6-14(15)19-13/h3-6,8,16H,7,9-10H2,1-2H3. The first-order valence-electron chi connectivity index (χ1n) is 6.18. The van der Waals surface area contributed by atoms with Crippen LogP contribution in [-0.4, -0.2) is 24.0 Å². The maximum atomic E-state index is 5.93. The SMILES string of the molecule is CNCc1ccc(CN(C)Cc2ccc(Cl)s2)nc1. The fourth-order valence-corrected chi connectivity index (χ4v) is 3.06. The van der Waals surface area contributed by atoms with Gasteiger partial charge >= 0.3 is 0 Å². The molecule has 0 fully saturated rings. The number of aromatic nitrogens is 1. The van der Waals surface area contributed by atoms with Crippen molar-refractivity contribution in [2.45, 2.75) is 19.6 Å². The Bertz CT molecular complexity index is 510. The summed E-state index contributed by atoms with van der Waals surface area (Å²) >= 11 is 7.56. The summed E-state index contributed by atoms with van der Waals surface area (Å²) in [5.41, 5.74) is 2.30. The van der Waals surface area contributed by atoms with Gasteiger partial charge < -0.3 is 5.32 Å². The zero-order valence-electron chi connectivity index (χ0n) is 11.2. The van der Waals surface area contributed by atoms with Gasteiger partial charge in [0.25, 0.3) is 0 Å². The van der Waals surface area contributed by atoms with Crippen molar-refractivity contribution in [2.24, 2.45) is 0 Å². The molecule has 0 aliphatic rings. The first-order valence-corrected chi connectivity index (χ1v) is 7.38. The molecule has 0 bridgehead atoms. The smallest absolute Gasteiger partial charge is 0.0931 e. The Labute approximate surface area is 123 Å². The second-order valence-electron chi connectivity index (χ2n) is 4.57. The summed E-state index contributed by atoms with van der Waals surface area (Å²) in [7, 11) is 4.03. The molecule has 0 saturated carbocycles. The first-order chi connectivity index (χ1) is 9.17. The number of halogens is 1. The Morgan fingerprint density at radius 1 is 1.26 bits per heavy atom. The highest BCUT2D eigenvalue weighted by Crippen LogP contribution is 2.22. The number of nitrogens with one attached hydrogen (secondary N) is 1. The Morgan fingerprint density at radius 2 is 2.11 bits per heavy atom. The molecule has 2 aromatic heterocycles. The minimum absolute atomic E-state index is 0.843. The molecule has 19 heavy (non-hydrogen) atoms. The lowest BCUT2D eigenvalue weighted by atomic mass is 10.2. The van der Waals surface area contributed by atoms with Crippen molar-refractivity contribution >= 4 is 22.9 Å². The average molecular weight is 296 g/mol. The average Bonchev–Trinajstić information content (AvgIpc) is 2.77. The number of pyridine rings is 1. The van der Waals surface area contributed by atoms with Crippen LogP contribution in [-0.2, 0) is 19.6 Å². The van der Waals surface area contributed by atoms with Gasteiger partial charge in [0.15, 0.2) is 0 Å². The van der Waals surface area contributed by atoms with Crippen LogP contribution in [0.2, 0.25) is 4.34 Å². The van der Waals surface area contributed by atoms with Gasteiger partial charge in [-0.1, -0.05) is 17.7 Å². The summed E-state index contributed by atoms with van der Waals surface area (Å²) in [4.78, 5) is 8.00. The van der Waals surface area contributed by atoms with Crippen LogP contribution in [0.15, 0.2) is 30.5 Å². The Kier molecular flexibility index (Phi) is 5.34. The lowest BCUT2D eigenvalue weighted by Crippen LogP contribution is -2.17. The van der Waals surface area contributed by atoms with Crippen LogP contribution in [0.3, 0.4) is 0 Å². The second kappa shape index (κ2) is 7.01. The van der Waals surface area contributed by atoms with Crippen LogP contribution in [0.4, 0.5) is 0 Å². The van der Waals surface area contributed by atoms with Gasteiger partial charge in [-0.05, 0) is 37.9 Å². The molecule has 2 rings (SSSR count). The number of thiophene rings is 1. The highest BCUT2D eigenvalue weighted by Gasteiger charge is 2.05. The Morgan fingerprint density at radius 3 is 2.68 bits per heavy atom. The molecular formula is C14H18ClN3S. The summed E-state index contributed by atoms with van der Waals surface area (Å²) in [5.74, 6) is 0. The summed E-state index contributed by atoms with van der Waals surface area (Å²) in [6.07, 6.45) is 1.93. The quantitative estimate of drug-likeness (QED) is 0.887. The topological polar surface area (TPSA) is 28.2 Å². The summed E-state index contributed by atoms with van der Waals surface area (Å²) in [6.45, 7) is 2.60. The van der Waals surface area contributed by atoms with E-state index < -0.39 is 0 Å². The fourth-order valence-electron chi connectivity index (χ4n) is 1.89. The van der Waals surface area contributed by atoms with E-state index in [1.807, 2.05) is 19.3 Å². The van der Waals surface area contributed by atoms with Gasteiger partial charge in [-0.25, -0.2) is 0 Å². The normalized spacial score (nSPS) is 11.2. The molecule has 5 heteroatoms. The van der Waals surface area contributed by atoms with E-state index in [0.29, 0.717) is 0 Å². The Hall–Kier alpha value is -0.940. The fraction of sp³-hybridized carbons (Fsp3) is 0.357. The third-order valence-corrected chi connectivity index (χ3v) is 3.97. The molecule has 0 atom stereocenters. The predicted octanol–water partition coefficient (Wildman–Crippen LogP) is 3.15. The molecule has 1 N–H and O–H groups in total. The molecule has 0 spiro atoms. The zero-order chi connectivity index (χ0) is 13.7. The highest BCUT2D eigenvalue weighted by atomic mass is 35.5. The molecule has 3 nitrogen and oxygen atoms in total. The monoisotopic (exact) mass is 295 g/mol. The maximum Gasteiger partial charge on any atom is 0.0931 e. The van der Waals surface area contributed by atoms with Crippen LogP contribution in [0.5, 0.6) is 0 Å². The summed E-state index contributed by atoms with van der Waals surface area (Å²) in [6, 6.07) is 8.23. The van der Waals surface area contributed by atoms with E-state index in [2.05, 4.69) is 40.4 Å². The van der Waals surface area contributed by atoms with Crippen molar-refractivity contribution in [1.29, 1.82) is 0 Å². The number of nitrogens with zero attached hydrogens (tertiary/aromatic N) is 2. The third kappa shape index (κ3) is 4.58. The molecule has 0 aromatic carbocycles. The van der Waals surface area contributed by atoms with Crippen LogP contribution >= 0.6 is 22.9 Å². The van der Waals surface area contributed by atoms with Crippen molar-refractivity contribution < 1.29 is 0 Å². The van der Waals surface area contributed by atoms with Crippen molar-refractivity contribution in [1.82, 2.24) is 15.2 Å². The molecule has 0 unspecified atom stereocenters. The van der Waals surface area contributed by atoms with E-state index in [0.717, 1.165) is 29.7 Å². The van der Waals surface area contributed by atoms with Crippen LogP contribution in [0, 0.1) is 0 Å². The second-order valence-corrected chi connectivity index (χ2v) is 6.37. The minimum Gasteiger partial charge on any atom is -0.316 e. The number of rotatable bonds is 6. The van der Waals surface area contributed by atoms with Gasteiger partial charge in [0.2, 0.25) is 0 Å². The molecule has 0 saturated heterocycles. The molecule has 0 aliphatic heterocycles. The van der Waals surface area contributed by atoms with Crippen molar-refractivity contribution in [3.63, 3.8) is 0 Å².